The Balaban J connectivity index is 1.77. The van der Waals surface area contributed by atoms with Crippen molar-refractivity contribution in [2.75, 3.05) is 13.1 Å². The molecule has 0 N–H and O–H groups in total. The lowest BCUT2D eigenvalue weighted by molar-refractivity contribution is -0.112. The number of fused-ring (bicyclic) bond motifs is 1. The van der Waals surface area contributed by atoms with Gasteiger partial charge in [-0.05, 0) is 32.0 Å². The zero-order valence-corrected chi connectivity index (χ0v) is 11.2. The normalized spacial score (nSPS) is 17.9. The predicted octanol–water partition coefficient (Wildman–Crippen LogP) is 1.98. The van der Waals surface area contributed by atoms with E-state index >= 15 is 0 Å². The summed E-state index contributed by atoms with van der Waals surface area (Å²) in [7, 11) is 1.99. The number of hydrogen-bond acceptors (Lipinski definition) is 3. The van der Waals surface area contributed by atoms with E-state index in [2.05, 4.69) is 28.2 Å². The number of aromatic nitrogens is 2. The largest absolute Gasteiger partial charge is 0.303 e. The summed E-state index contributed by atoms with van der Waals surface area (Å²) in [6.07, 6.45) is 3.07. The maximum absolute atomic E-state index is 10.8. The van der Waals surface area contributed by atoms with Crippen LogP contribution in [0.2, 0.25) is 0 Å². The number of carbonyl (C=O) groups is 1. The first-order chi connectivity index (χ1) is 9.28. The van der Waals surface area contributed by atoms with E-state index in [4.69, 9.17) is 0 Å². The first kappa shape index (κ1) is 12.4. The van der Waals surface area contributed by atoms with Crippen molar-refractivity contribution in [2.45, 2.75) is 19.4 Å². The number of carbonyl (C=O) groups excluding carboxylic acids is 1. The fourth-order valence-corrected chi connectivity index (χ4v) is 2.86. The van der Waals surface area contributed by atoms with Crippen molar-refractivity contribution in [3.63, 3.8) is 0 Å². The summed E-state index contributed by atoms with van der Waals surface area (Å²) in [4.78, 5) is 13.2. The second kappa shape index (κ2) is 5.13. The van der Waals surface area contributed by atoms with Crippen molar-refractivity contribution in [1.82, 2.24) is 14.7 Å². The number of nitrogens with zero attached hydrogens (tertiary/aromatic N) is 3. The molecule has 0 aliphatic carbocycles. The monoisotopic (exact) mass is 257 g/mol. The van der Waals surface area contributed by atoms with E-state index in [0.717, 1.165) is 44.5 Å². The highest BCUT2D eigenvalue weighted by Gasteiger charge is 2.20. The van der Waals surface area contributed by atoms with Crippen LogP contribution in [0.25, 0.3) is 10.9 Å². The summed E-state index contributed by atoms with van der Waals surface area (Å²) in [5, 5.41) is 5.87. The maximum Gasteiger partial charge on any atom is 0.123 e. The van der Waals surface area contributed by atoms with E-state index in [1.54, 1.807) is 0 Å². The van der Waals surface area contributed by atoms with Gasteiger partial charge in [-0.1, -0.05) is 18.2 Å². The third-order valence-corrected chi connectivity index (χ3v) is 4.03. The predicted molar refractivity (Wildman–Crippen MR) is 74.8 cm³/mol. The SMILES string of the molecule is Cn1nc(CN2CCC(C=O)CC2)c2ccccc21. The molecule has 4 heteroatoms. The van der Waals surface area contributed by atoms with E-state index in [9.17, 15) is 4.79 Å². The first-order valence-corrected chi connectivity index (χ1v) is 6.86. The lowest BCUT2D eigenvalue weighted by Gasteiger charge is -2.28. The average Bonchev–Trinajstić information content (AvgIpc) is 2.77. The van der Waals surface area contributed by atoms with Crippen LogP contribution in [0.1, 0.15) is 18.5 Å². The van der Waals surface area contributed by atoms with E-state index in [1.807, 2.05) is 17.8 Å². The molecule has 1 saturated heterocycles. The standard InChI is InChI=1S/C15H19N3O/c1-17-15-5-3-2-4-13(15)14(16-17)10-18-8-6-12(11-19)7-9-18/h2-5,11-12H,6-10H2,1H3. The molecule has 0 atom stereocenters. The third-order valence-electron chi connectivity index (χ3n) is 4.03. The molecule has 0 amide bonds. The van der Waals surface area contributed by atoms with Crippen molar-refractivity contribution < 1.29 is 4.79 Å². The fourth-order valence-electron chi connectivity index (χ4n) is 2.86. The molecule has 0 radical (unpaired) electrons. The Kier molecular flexibility index (Phi) is 3.34. The quantitative estimate of drug-likeness (QED) is 0.789. The Morgan fingerprint density at radius 3 is 2.79 bits per heavy atom. The highest BCUT2D eigenvalue weighted by molar-refractivity contribution is 5.81. The molecule has 0 spiro atoms. The Bertz CT molecular complexity index is 582. The molecule has 0 unspecified atom stereocenters. The average molecular weight is 257 g/mol. The van der Waals surface area contributed by atoms with Gasteiger partial charge in [-0.15, -0.1) is 0 Å². The van der Waals surface area contributed by atoms with Gasteiger partial charge in [0, 0.05) is 24.9 Å². The molecule has 2 heterocycles. The number of piperidine rings is 1. The van der Waals surface area contributed by atoms with E-state index < -0.39 is 0 Å². The van der Waals surface area contributed by atoms with Gasteiger partial charge in [0.25, 0.3) is 0 Å². The van der Waals surface area contributed by atoms with Gasteiger partial charge >= 0.3 is 0 Å². The van der Waals surface area contributed by atoms with Crippen molar-refractivity contribution in [3.05, 3.63) is 30.0 Å². The van der Waals surface area contributed by atoms with Crippen molar-refractivity contribution in [3.8, 4) is 0 Å². The van der Waals surface area contributed by atoms with Crippen LogP contribution < -0.4 is 0 Å². The molecule has 3 rings (SSSR count). The van der Waals surface area contributed by atoms with Crippen molar-refractivity contribution >= 4 is 17.2 Å². The lowest BCUT2D eigenvalue weighted by atomic mass is 9.98. The smallest absolute Gasteiger partial charge is 0.123 e. The summed E-state index contributed by atoms with van der Waals surface area (Å²) in [5.74, 6) is 0.261. The minimum atomic E-state index is 0.261. The summed E-state index contributed by atoms with van der Waals surface area (Å²) in [5.41, 5.74) is 2.32. The zero-order chi connectivity index (χ0) is 13.2. The van der Waals surface area contributed by atoms with Crippen molar-refractivity contribution in [2.24, 2.45) is 13.0 Å². The second-order valence-corrected chi connectivity index (χ2v) is 5.34. The van der Waals surface area contributed by atoms with E-state index in [1.165, 1.54) is 10.9 Å². The number of aryl methyl sites for hydroxylation is 1. The molecule has 100 valence electrons. The molecule has 19 heavy (non-hydrogen) atoms. The molecular weight excluding hydrogens is 238 g/mol. The van der Waals surface area contributed by atoms with Gasteiger partial charge in [0.15, 0.2) is 0 Å². The van der Waals surface area contributed by atoms with Gasteiger partial charge in [0.2, 0.25) is 0 Å². The Morgan fingerprint density at radius 1 is 1.32 bits per heavy atom. The van der Waals surface area contributed by atoms with Crippen LogP contribution in [0.4, 0.5) is 0 Å². The summed E-state index contributed by atoms with van der Waals surface area (Å²) in [6.45, 7) is 2.87. The lowest BCUT2D eigenvalue weighted by Crippen LogP contribution is -2.33. The first-order valence-electron chi connectivity index (χ1n) is 6.86. The molecule has 1 aliphatic heterocycles. The van der Waals surface area contributed by atoms with Crippen LogP contribution in [0.3, 0.4) is 0 Å². The topological polar surface area (TPSA) is 38.1 Å². The third kappa shape index (κ3) is 2.40. The summed E-state index contributed by atoms with van der Waals surface area (Å²) in [6, 6.07) is 8.34. The number of aldehydes is 1. The van der Waals surface area contributed by atoms with Crippen molar-refractivity contribution in [1.29, 1.82) is 0 Å². The van der Waals surface area contributed by atoms with Gasteiger partial charge < -0.3 is 4.79 Å². The van der Waals surface area contributed by atoms with Crippen LogP contribution >= 0.6 is 0 Å². The van der Waals surface area contributed by atoms with Gasteiger partial charge in [-0.2, -0.15) is 5.10 Å². The highest BCUT2D eigenvalue weighted by Crippen LogP contribution is 2.21. The second-order valence-electron chi connectivity index (χ2n) is 5.34. The van der Waals surface area contributed by atoms with Crippen LogP contribution in [0.5, 0.6) is 0 Å². The molecule has 1 fully saturated rings. The van der Waals surface area contributed by atoms with E-state index in [-0.39, 0.29) is 5.92 Å². The number of hydrogen-bond donors (Lipinski definition) is 0. The van der Waals surface area contributed by atoms with Crippen LogP contribution in [-0.4, -0.2) is 34.1 Å². The Labute approximate surface area is 113 Å². The van der Waals surface area contributed by atoms with Crippen LogP contribution in [0.15, 0.2) is 24.3 Å². The molecular formula is C15H19N3O. The van der Waals surface area contributed by atoms with Gasteiger partial charge in [-0.3, -0.25) is 9.58 Å². The maximum atomic E-state index is 10.8. The van der Waals surface area contributed by atoms with Crippen LogP contribution in [0, 0.1) is 5.92 Å². The van der Waals surface area contributed by atoms with E-state index in [0.29, 0.717) is 0 Å². The number of benzene rings is 1. The molecule has 1 aromatic heterocycles. The number of para-hydroxylation sites is 1. The van der Waals surface area contributed by atoms with Gasteiger partial charge in [0.1, 0.15) is 6.29 Å². The highest BCUT2D eigenvalue weighted by atomic mass is 16.1. The van der Waals surface area contributed by atoms with Gasteiger partial charge in [-0.25, -0.2) is 0 Å². The zero-order valence-electron chi connectivity index (χ0n) is 11.2. The van der Waals surface area contributed by atoms with Crippen LogP contribution in [-0.2, 0) is 18.4 Å². The summed E-state index contributed by atoms with van der Waals surface area (Å²) < 4.78 is 1.95. The minimum Gasteiger partial charge on any atom is -0.303 e. The molecule has 1 aliphatic rings. The Hall–Kier alpha value is -1.68. The fraction of sp³-hybridized carbons (Fsp3) is 0.467. The Morgan fingerprint density at radius 2 is 2.05 bits per heavy atom. The molecule has 0 saturated carbocycles. The molecule has 2 aromatic rings. The minimum absolute atomic E-state index is 0.261. The molecule has 0 bridgehead atoms. The molecule has 1 aromatic carbocycles. The number of likely N-dealkylation sites (tertiary alicyclic amines) is 1. The summed E-state index contributed by atoms with van der Waals surface area (Å²) >= 11 is 0. The van der Waals surface area contributed by atoms with Gasteiger partial charge in [0.05, 0.1) is 11.2 Å². The molecule has 4 nitrogen and oxygen atoms in total. The number of rotatable bonds is 3.